The molecule has 0 bridgehead atoms. The lowest BCUT2D eigenvalue weighted by atomic mass is 10.1. The van der Waals surface area contributed by atoms with Gasteiger partial charge in [-0.2, -0.15) is 0 Å². The summed E-state index contributed by atoms with van der Waals surface area (Å²) in [7, 11) is 1.38. The highest BCUT2D eigenvalue weighted by molar-refractivity contribution is 5.69. The first-order chi connectivity index (χ1) is 8.92. The maximum atomic E-state index is 11.0. The van der Waals surface area contributed by atoms with Crippen molar-refractivity contribution in [3.8, 4) is 5.75 Å². The normalized spacial score (nSPS) is 11.2. The summed E-state index contributed by atoms with van der Waals surface area (Å²) >= 11 is 0. The summed E-state index contributed by atoms with van der Waals surface area (Å²) < 4.78 is 10.2. The van der Waals surface area contributed by atoms with Gasteiger partial charge in [-0.05, 0) is 26.8 Å². The van der Waals surface area contributed by atoms with Crippen molar-refractivity contribution < 1.29 is 14.3 Å². The van der Waals surface area contributed by atoms with Crippen LogP contribution in [0.1, 0.15) is 32.8 Å². The summed E-state index contributed by atoms with van der Waals surface area (Å²) in [5, 5.41) is 3.42. The third-order valence-corrected chi connectivity index (χ3v) is 2.57. The van der Waals surface area contributed by atoms with Crippen molar-refractivity contribution in [2.45, 2.75) is 39.3 Å². The zero-order chi connectivity index (χ0) is 14.3. The summed E-state index contributed by atoms with van der Waals surface area (Å²) in [6, 6.07) is 7.84. The van der Waals surface area contributed by atoms with Crippen molar-refractivity contribution in [2.24, 2.45) is 0 Å². The molecule has 19 heavy (non-hydrogen) atoms. The Morgan fingerprint density at radius 1 is 1.26 bits per heavy atom. The van der Waals surface area contributed by atoms with Crippen LogP contribution in [-0.4, -0.2) is 25.2 Å². The average molecular weight is 265 g/mol. The van der Waals surface area contributed by atoms with Crippen molar-refractivity contribution in [3.63, 3.8) is 0 Å². The number of esters is 1. The Bertz CT molecular complexity index is 410. The molecule has 0 spiro atoms. The van der Waals surface area contributed by atoms with Gasteiger partial charge in [0.05, 0.1) is 20.1 Å². The summed E-state index contributed by atoms with van der Waals surface area (Å²) in [6.45, 7) is 7.42. The number of nitrogens with one attached hydrogen (secondary N) is 1. The largest absolute Gasteiger partial charge is 0.493 e. The molecule has 1 aromatic rings. The molecule has 0 unspecified atom stereocenters. The van der Waals surface area contributed by atoms with E-state index < -0.39 is 0 Å². The van der Waals surface area contributed by atoms with Gasteiger partial charge in [0.2, 0.25) is 0 Å². The van der Waals surface area contributed by atoms with Crippen molar-refractivity contribution in [1.82, 2.24) is 5.32 Å². The lowest BCUT2D eigenvalue weighted by Crippen LogP contribution is -2.35. The summed E-state index contributed by atoms with van der Waals surface area (Å²) in [4.78, 5) is 11.0. The predicted octanol–water partition coefficient (Wildman–Crippen LogP) is 2.52. The molecule has 0 saturated heterocycles. The lowest BCUT2D eigenvalue weighted by Gasteiger charge is -2.21. The summed E-state index contributed by atoms with van der Waals surface area (Å²) in [5.41, 5.74) is 1.14. The maximum absolute atomic E-state index is 11.0. The van der Waals surface area contributed by atoms with Crippen LogP contribution in [0.4, 0.5) is 0 Å². The van der Waals surface area contributed by atoms with Crippen LogP contribution in [0.15, 0.2) is 24.3 Å². The second-order valence-corrected chi connectivity index (χ2v) is 5.39. The molecule has 0 amide bonds. The highest BCUT2D eigenvalue weighted by Gasteiger charge is 2.11. The monoisotopic (exact) mass is 265 g/mol. The van der Waals surface area contributed by atoms with Gasteiger partial charge in [-0.1, -0.05) is 18.2 Å². The zero-order valence-electron chi connectivity index (χ0n) is 12.2. The zero-order valence-corrected chi connectivity index (χ0v) is 12.2. The summed E-state index contributed by atoms with van der Waals surface area (Å²) in [5.74, 6) is 0.549. The number of methoxy groups -OCH3 is 1. The molecule has 0 saturated carbocycles. The standard InChI is InChI=1S/C15H23NO3/c1-15(2,3)16-11-12-7-5-6-8-13(12)19-10-9-14(17)18-4/h5-8,16H,9-11H2,1-4H3. The molecule has 0 radical (unpaired) electrons. The first-order valence-corrected chi connectivity index (χ1v) is 6.45. The van der Waals surface area contributed by atoms with Crippen LogP contribution in [0.2, 0.25) is 0 Å². The fourth-order valence-electron chi connectivity index (χ4n) is 1.50. The lowest BCUT2D eigenvalue weighted by molar-refractivity contribution is -0.141. The quantitative estimate of drug-likeness (QED) is 0.803. The van der Waals surface area contributed by atoms with E-state index in [1.807, 2.05) is 24.3 Å². The molecule has 0 aliphatic rings. The smallest absolute Gasteiger partial charge is 0.308 e. The number of para-hydroxylation sites is 1. The van der Waals surface area contributed by atoms with Crippen LogP contribution in [-0.2, 0) is 16.1 Å². The van der Waals surface area contributed by atoms with Crippen molar-refractivity contribution >= 4 is 5.97 Å². The minimum atomic E-state index is -0.259. The fourth-order valence-corrected chi connectivity index (χ4v) is 1.50. The average Bonchev–Trinajstić information content (AvgIpc) is 2.36. The van der Waals surface area contributed by atoms with Gasteiger partial charge in [0, 0.05) is 17.6 Å². The number of hydrogen-bond donors (Lipinski definition) is 1. The Balaban J connectivity index is 2.55. The Morgan fingerprint density at radius 2 is 1.95 bits per heavy atom. The van der Waals surface area contributed by atoms with Gasteiger partial charge in [0.1, 0.15) is 5.75 Å². The van der Waals surface area contributed by atoms with Crippen LogP contribution < -0.4 is 10.1 Å². The molecule has 0 aliphatic carbocycles. The number of carbonyl (C=O) groups is 1. The predicted molar refractivity (Wildman–Crippen MR) is 75.2 cm³/mol. The van der Waals surface area contributed by atoms with E-state index in [1.54, 1.807) is 0 Å². The van der Waals surface area contributed by atoms with Crippen molar-refractivity contribution in [1.29, 1.82) is 0 Å². The molecule has 0 fully saturated rings. The molecule has 0 aromatic heterocycles. The first kappa shape index (κ1) is 15.5. The molecule has 1 aromatic carbocycles. The Labute approximate surface area is 115 Å². The number of ether oxygens (including phenoxy) is 2. The van der Waals surface area contributed by atoms with Crippen LogP contribution in [0.25, 0.3) is 0 Å². The van der Waals surface area contributed by atoms with Crippen LogP contribution in [0, 0.1) is 0 Å². The van der Waals surface area contributed by atoms with Gasteiger partial charge in [-0.3, -0.25) is 4.79 Å². The Hall–Kier alpha value is -1.55. The number of carbonyl (C=O) groups excluding carboxylic acids is 1. The fraction of sp³-hybridized carbons (Fsp3) is 0.533. The molecule has 1 rings (SSSR count). The van der Waals surface area contributed by atoms with Gasteiger partial charge in [-0.15, -0.1) is 0 Å². The van der Waals surface area contributed by atoms with Gasteiger partial charge < -0.3 is 14.8 Å². The number of hydrogen-bond acceptors (Lipinski definition) is 4. The molecular formula is C15H23NO3. The highest BCUT2D eigenvalue weighted by Crippen LogP contribution is 2.18. The minimum Gasteiger partial charge on any atom is -0.493 e. The number of rotatable bonds is 6. The van der Waals surface area contributed by atoms with Gasteiger partial charge >= 0.3 is 5.97 Å². The maximum Gasteiger partial charge on any atom is 0.308 e. The molecule has 4 heteroatoms. The molecule has 0 atom stereocenters. The molecular weight excluding hydrogens is 242 g/mol. The van der Waals surface area contributed by atoms with Crippen LogP contribution in [0.5, 0.6) is 5.75 Å². The van der Waals surface area contributed by atoms with Crippen molar-refractivity contribution in [2.75, 3.05) is 13.7 Å². The van der Waals surface area contributed by atoms with E-state index in [-0.39, 0.29) is 17.9 Å². The second kappa shape index (κ2) is 7.14. The molecule has 106 valence electrons. The number of benzene rings is 1. The van der Waals surface area contributed by atoms with E-state index in [1.165, 1.54) is 7.11 Å². The van der Waals surface area contributed by atoms with Gasteiger partial charge in [0.25, 0.3) is 0 Å². The van der Waals surface area contributed by atoms with Crippen LogP contribution in [0.3, 0.4) is 0 Å². The third-order valence-electron chi connectivity index (χ3n) is 2.57. The molecule has 1 N–H and O–H groups in total. The minimum absolute atomic E-state index is 0.0547. The highest BCUT2D eigenvalue weighted by atomic mass is 16.5. The van der Waals surface area contributed by atoms with E-state index in [0.717, 1.165) is 17.9 Å². The van der Waals surface area contributed by atoms with Crippen LogP contribution >= 0.6 is 0 Å². The molecule has 0 heterocycles. The van der Waals surface area contributed by atoms with E-state index >= 15 is 0 Å². The van der Waals surface area contributed by atoms with E-state index in [9.17, 15) is 4.79 Å². The topological polar surface area (TPSA) is 47.6 Å². The van der Waals surface area contributed by atoms with E-state index in [0.29, 0.717) is 6.61 Å². The van der Waals surface area contributed by atoms with Gasteiger partial charge in [-0.25, -0.2) is 0 Å². The molecule has 0 aliphatic heterocycles. The summed E-state index contributed by atoms with van der Waals surface area (Å²) in [6.07, 6.45) is 0.261. The SMILES string of the molecule is COC(=O)CCOc1ccccc1CNC(C)(C)C. The van der Waals surface area contributed by atoms with Crippen molar-refractivity contribution in [3.05, 3.63) is 29.8 Å². The van der Waals surface area contributed by atoms with Gasteiger partial charge in [0.15, 0.2) is 0 Å². The Morgan fingerprint density at radius 3 is 2.58 bits per heavy atom. The van der Waals surface area contributed by atoms with E-state index in [4.69, 9.17) is 4.74 Å². The first-order valence-electron chi connectivity index (χ1n) is 6.45. The van der Waals surface area contributed by atoms with E-state index in [2.05, 4.69) is 30.8 Å². The Kier molecular flexibility index (Phi) is 5.83. The second-order valence-electron chi connectivity index (χ2n) is 5.39. The molecule has 4 nitrogen and oxygen atoms in total. The third kappa shape index (κ3) is 6.25.